The van der Waals surface area contributed by atoms with Crippen molar-refractivity contribution in [2.45, 2.75) is 38.0 Å². The van der Waals surface area contributed by atoms with Gasteiger partial charge in [0, 0.05) is 36.1 Å². The highest BCUT2D eigenvalue weighted by molar-refractivity contribution is 7.99. The molecule has 0 aromatic heterocycles. The topological polar surface area (TPSA) is 50.4 Å². The van der Waals surface area contributed by atoms with Crippen molar-refractivity contribution in [2.24, 2.45) is 5.41 Å². The Balaban J connectivity index is 1.73. The maximum atomic E-state index is 12.2. The van der Waals surface area contributed by atoms with Crippen LogP contribution in [0, 0.1) is 19.3 Å². The van der Waals surface area contributed by atoms with E-state index in [0.717, 1.165) is 38.2 Å². The van der Waals surface area contributed by atoms with E-state index in [1.165, 1.54) is 16.0 Å². The summed E-state index contributed by atoms with van der Waals surface area (Å²) < 4.78 is 5.39. The van der Waals surface area contributed by atoms with Gasteiger partial charge in [-0.3, -0.25) is 4.79 Å². The summed E-state index contributed by atoms with van der Waals surface area (Å²) in [7, 11) is 1.74. The van der Waals surface area contributed by atoms with Crippen LogP contribution in [-0.2, 0) is 9.53 Å². The lowest BCUT2D eigenvalue weighted by atomic mass is 9.79. The van der Waals surface area contributed by atoms with Crippen molar-refractivity contribution in [3.63, 3.8) is 0 Å². The van der Waals surface area contributed by atoms with Gasteiger partial charge in [0.25, 0.3) is 0 Å². The first-order valence-electron chi connectivity index (χ1n) is 8.71. The van der Waals surface area contributed by atoms with Crippen LogP contribution in [0.5, 0.6) is 0 Å². The molecule has 4 nitrogen and oxygen atoms in total. The van der Waals surface area contributed by atoms with Crippen LogP contribution in [0.15, 0.2) is 23.1 Å². The molecule has 1 heterocycles. The number of hydrogen-bond acceptors (Lipinski definition) is 4. The number of aryl methyl sites for hydroxylation is 2. The molecule has 1 aromatic rings. The molecular formula is C19H30N2O2S. The fraction of sp³-hybridized carbons (Fsp3) is 0.632. The zero-order chi connectivity index (χ0) is 17.4. The molecule has 2 rings (SSSR count). The second-order valence-electron chi connectivity index (χ2n) is 6.80. The fourth-order valence-electron chi connectivity index (χ4n) is 3.08. The molecule has 1 fully saturated rings. The zero-order valence-electron chi connectivity index (χ0n) is 15.1. The van der Waals surface area contributed by atoms with E-state index in [1.54, 1.807) is 18.9 Å². The van der Waals surface area contributed by atoms with Gasteiger partial charge in [-0.1, -0.05) is 6.07 Å². The third-order valence-corrected chi connectivity index (χ3v) is 5.85. The van der Waals surface area contributed by atoms with E-state index in [-0.39, 0.29) is 11.3 Å². The Hall–Kier alpha value is -1.04. The van der Waals surface area contributed by atoms with Crippen LogP contribution in [0.4, 0.5) is 0 Å². The molecule has 1 aliphatic heterocycles. The number of carbonyl (C=O) groups excluding carboxylic acids is 1. The Morgan fingerprint density at radius 1 is 1.29 bits per heavy atom. The van der Waals surface area contributed by atoms with Crippen molar-refractivity contribution in [2.75, 3.05) is 39.1 Å². The van der Waals surface area contributed by atoms with Crippen LogP contribution in [0.1, 0.15) is 30.4 Å². The fourth-order valence-corrected chi connectivity index (χ4v) is 4.02. The Labute approximate surface area is 150 Å². The molecular weight excluding hydrogens is 320 g/mol. The third kappa shape index (κ3) is 5.80. The second kappa shape index (κ2) is 9.44. The molecule has 1 saturated heterocycles. The van der Waals surface area contributed by atoms with Crippen molar-refractivity contribution in [1.29, 1.82) is 0 Å². The molecule has 0 unspecified atom stereocenters. The number of piperidine rings is 1. The lowest BCUT2D eigenvalue weighted by Gasteiger charge is -2.37. The summed E-state index contributed by atoms with van der Waals surface area (Å²) in [5, 5.41) is 6.50. The van der Waals surface area contributed by atoms with Gasteiger partial charge >= 0.3 is 0 Å². The lowest BCUT2D eigenvalue weighted by Crippen LogP contribution is -2.47. The normalized spacial score (nSPS) is 16.8. The number of ether oxygens (including phenoxy) is 1. The highest BCUT2D eigenvalue weighted by Gasteiger charge is 2.32. The van der Waals surface area contributed by atoms with E-state index in [4.69, 9.17) is 4.74 Å². The molecule has 0 spiro atoms. The van der Waals surface area contributed by atoms with E-state index >= 15 is 0 Å². The van der Waals surface area contributed by atoms with Crippen LogP contribution < -0.4 is 10.6 Å². The molecule has 24 heavy (non-hydrogen) atoms. The van der Waals surface area contributed by atoms with Gasteiger partial charge in [0.1, 0.15) is 0 Å². The quantitative estimate of drug-likeness (QED) is 0.708. The van der Waals surface area contributed by atoms with Crippen molar-refractivity contribution >= 4 is 17.7 Å². The van der Waals surface area contributed by atoms with E-state index in [2.05, 4.69) is 42.7 Å². The highest BCUT2D eigenvalue weighted by Crippen LogP contribution is 2.28. The van der Waals surface area contributed by atoms with E-state index in [1.807, 2.05) is 0 Å². The maximum Gasteiger partial charge on any atom is 0.220 e. The molecule has 2 N–H and O–H groups in total. The first-order chi connectivity index (χ1) is 11.5. The molecule has 0 aliphatic carbocycles. The smallest absolute Gasteiger partial charge is 0.220 e. The van der Waals surface area contributed by atoms with E-state index < -0.39 is 0 Å². The van der Waals surface area contributed by atoms with Gasteiger partial charge in [0.05, 0.1) is 6.61 Å². The minimum absolute atomic E-state index is 0.0941. The maximum absolute atomic E-state index is 12.2. The lowest BCUT2D eigenvalue weighted by molar-refractivity contribution is -0.121. The standard InChI is InChI=1S/C19H30N2O2S/c1-15-4-5-17(12-16(15)2)24-11-6-18(22)21-13-19(14-23-3)7-9-20-10-8-19/h4-5,12,20H,6-11,13-14H2,1-3H3,(H,21,22). The van der Waals surface area contributed by atoms with Gasteiger partial charge < -0.3 is 15.4 Å². The van der Waals surface area contributed by atoms with Gasteiger partial charge in [0.2, 0.25) is 5.91 Å². The van der Waals surface area contributed by atoms with Crippen LogP contribution in [0.2, 0.25) is 0 Å². The summed E-state index contributed by atoms with van der Waals surface area (Å²) in [5.74, 6) is 0.952. The van der Waals surface area contributed by atoms with Crippen molar-refractivity contribution in [3.8, 4) is 0 Å². The molecule has 0 atom stereocenters. The van der Waals surface area contributed by atoms with Crippen molar-refractivity contribution in [3.05, 3.63) is 29.3 Å². The Morgan fingerprint density at radius 2 is 2.04 bits per heavy atom. The number of rotatable bonds is 8. The van der Waals surface area contributed by atoms with Gasteiger partial charge in [-0.05, 0) is 63.0 Å². The SMILES string of the molecule is COCC1(CNC(=O)CCSc2ccc(C)c(C)c2)CCNCC1. The molecule has 5 heteroatoms. The molecule has 1 aromatic carbocycles. The summed E-state index contributed by atoms with van der Waals surface area (Å²) in [4.78, 5) is 13.4. The predicted molar refractivity (Wildman–Crippen MR) is 101 cm³/mol. The average molecular weight is 351 g/mol. The van der Waals surface area contributed by atoms with Gasteiger partial charge in [-0.25, -0.2) is 0 Å². The van der Waals surface area contributed by atoms with Gasteiger partial charge in [-0.2, -0.15) is 0 Å². The predicted octanol–water partition coefficient (Wildman–Crippen LogP) is 2.92. The Morgan fingerprint density at radius 3 is 2.71 bits per heavy atom. The summed E-state index contributed by atoms with van der Waals surface area (Å²) in [6.07, 6.45) is 2.66. The molecule has 0 radical (unpaired) electrons. The number of thioether (sulfide) groups is 1. The number of benzene rings is 1. The van der Waals surface area contributed by atoms with E-state index in [9.17, 15) is 4.79 Å². The number of methoxy groups -OCH3 is 1. The first kappa shape index (κ1) is 19.3. The van der Waals surface area contributed by atoms with E-state index in [0.29, 0.717) is 13.0 Å². The van der Waals surface area contributed by atoms with Crippen molar-refractivity contribution < 1.29 is 9.53 Å². The molecule has 134 valence electrons. The third-order valence-electron chi connectivity index (χ3n) is 4.85. The summed E-state index contributed by atoms with van der Waals surface area (Å²) in [6.45, 7) is 7.68. The summed E-state index contributed by atoms with van der Waals surface area (Å²) in [6, 6.07) is 6.47. The minimum atomic E-state index is 0.0941. The number of amides is 1. The Bertz CT molecular complexity index is 537. The van der Waals surface area contributed by atoms with Crippen LogP contribution >= 0.6 is 11.8 Å². The first-order valence-corrected chi connectivity index (χ1v) is 9.70. The van der Waals surface area contributed by atoms with Crippen LogP contribution in [-0.4, -0.2) is 45.0 Å². The molecule has 0 saturated carbocycles. The molecule has 1 amide bonds. The average Bonchev–Trinajstić information content (AvgIpc) is 2.57. The van der Waals surface area contributed by atoms with Crippen LogP contribution in [0.25, 0.3) is 0 Å². The van der Waals surface area contributed by atoms with Crippen molar-refractivity contribution in [1.82, 2.24) is 10.6 Å². The summed E-state index contributed by atoms with van der Waals surface area (Å²) >= 11 is 1.75. The zero-order valence-corrected chi connectivity index (χ0v) is 15.9. The molecule has 0 bridgehead atoms. The summed E-state index contributed by atoms with van der Waals surface area (Å²) in [5.41, 5.74) is 2.70. The molecule has 1 aliphatic rings. The van der Waals surface area contributed by atoms with Crippen LogP contribution in [0.3, 0.4) is 0 Å². The minimum Gasteiger partial charge on any atom is -0.384 e. The van der Waals surface area contributed by atoms with Gasteiger partial charge in [0.15, 0.2) is 0 Å². The highest BCUT2D eigenvalue weighted by atomic mass is 32.2. The monoisotopic (exact) mass is 350 g/mol. The number of carbonyl (C=O) groups is 1. The Kier molecular flexibility index (Phi) is 7.59. The second-order valence-corrected chi connectivity index (χ2v) is 7.97. The largest absolute Gasteiger partial charge is 0.384 e. The number of hydrogen-bond donors (Lipinski definition) is 2. The number of nitrogens with one attached hydrogen (secondary N) is 2. The van der Waals surface area contributed by atoms with Gasteiger partial charge in [-0.15, -0.1) is 11.8 Å².